The van der Waals surface area contributed by atoms with E-state index < -0.39 is 0 Å². The van der Waals surface area contributed by atoms with Crippen LogP contribution in [0, 0.1) is 6.92 Å². The maximum atomic E-state index is 6.04. The van der Waals surface area contributed by atoms with Crippen LogP contribution >= 0.6 is 11.6 Å². The summed E-state index contributed by atoms with van der Waals surface area (Å²) in [6, 6.07) is 2.16. The van der Waals surface area contributed by atoms with Crippen molar-refractivity contribution in [3.05, 3.63) is 29.6 Å². The van der Waals surface area contributed by atoms with E-state index in [1.54, 1.807) is 0 Å². The topological polar surface area (TPSA) is 24.9 Å². The lowest BCUT2D eigenvalue weighted by Gasteiger charge is -2.30. The SMILES string of the molecule is CCC(CC)(CCl)NCc1cncc(C)c1. The Labute approximate surface area is 103 Å². The van der Waals surface area contributed by atoms with Gasteiger partial charge in [0, 0.05) is 30.4 Å². The molecule has 1 aromatic heterocycles. The summed E-state index contributed by atoms with van der Waals surface area (Å²) in [5.41, 5.74) is 2.48. The molecule has 0 aliphatic heterocycles. The number of nitrogens with one attached hydrogen (secondary N) is 1. The minimum Gasteiger partial charge on any atom is -0.306 e. The fourth-order valence-corrected chi connectivity index (χ4v) is 2.21. The van der Waals surface area contributed by atoms with Crippen molar-refractivity contribution in [1.82, 2.24) is 10.3 Å². The Bertz CT molecular complexity index is 313. The van der Waals surface area contributed by atoms with Crippen molar-refractivity contribution in [1.29, 1.82) is 0 Å². The maximum Gasteiger partial charge on any atom is 0.0405 e. The predicted octanol–water partition coefficient (Wildman–Crippen LogP) is 3.28. The summed E-state index contributed by atoms with van der Waals surface area (Å²) in [6.07, 6.45) is 5.88. The Morgan fingerprint density at radius 3 is 2.50 bits per heavy atom. The fourth-order valence-electron chi connectivity index (χ4n) is 1.74. The molecule has 2 nitrogen and oxygen atoms in total. The molecule has 1 aromatic rings. The Hall–Kier alpha value is -0.600. The summed E-state index contributed by atoms with van der Waals surface area (Å²) >= 11 is 6.04. The number of nitrogens with zero attached hydrogens (tertiary/aromatic N) is 1. The van der Waals surface area contributed by atoms with Gasteiger partial charge in [0.05, 0.1) is 0 Å². The van der Waals surface area contributed by atoms with E-state index in [2.05, 4.69) is 37.1 Å². The van der Waals surface area contributed by atoms with E-state index in [1.165, 1.54) is 11.1 Å². The lowest BCUT2D eigenvalue weighted by Crippen LogP contribution is -2.45. The van der Waals surface area contributed by atoms with Crippen molar-refractivity contribution in [2.75, 3.05) is 5.88 Å². The highest BCUT2D eigenvalue weighted by Gasteiger charge is 2.23. The largest absolute Gasteiger partial charge is 0.306 e. The van der Waals surface area contributed by atoms with Crippen molar-refractivity contribution < 1.29 is 0 Å². The average molecular weight is 241 g/mol. The monoisotopic (exact) mass is 240 g/mol. The van der Waals surface area contributed by atoms with Gasteiger partial charge in [-0.2, -0.15) is 0 Å². The highest BCUT2D eigenvalue weighted by Crippen LogP contribution is 2.17. The molecule has 0 aromatic carbocycles. The van der Waals surface area contributed by atoms with E-state index in [-0.39, 0.29) is 5.54 Å². The summed E-state index contributed by atoms with van der Waals surface area (Å²) in [6.45, 7) is 7.24. The first-order valence-corrected chi connectivity index (χ1v) is 6.40. The van der Waals surface area contributed by atoms with Crippen molar-refractivity contribution in [2.24, 2.45) is 0 Å². The molecule has 0 saturated heterocycles. The fraction of sp³-hybridized carbons (Fsp3) is 0.615. The van der Waals surface area contributed by atoms with Gasteiger partial charge in [0.25, 0.3) is 0 Å². The Balaban J connectivity index is 2.62. The van der Waals surface area contributed by atoms with Crippen LogP contribution in [-0.4, -0.2) is 16.4 Å². The van der Waals surface area contributed by atoms with Gasteiger partial charge in [-0.05, 0) is 30.9 Å². The van der Waals surface area contributed by atoms with Gasteiger partial charge in [0.15, 0.2) is 0 Å². The Kier molecular flexibility index (Phi) is 5.23. The number of pyridine rings is 1. The zero-order valence-corrected chi connectivity index (χ0v) is 11.1. The van der Waals surface area contributed by atoms with Crippen molar-refractivity contribution in [3.8, 4) is 0 Å². The first kappa shape index (κ1) is 13.5. The highest BCUT2D eigenvalue weighted by molar-refractivity contribution is 6.18. The summed E-state index contributed by atoms with van der Waals surface area (Å²) in [5.74, 6) is 0.652. The molecule has 0 saturated carbocycles. The van der Waals surface area contributed by atoms with Crippen molar-refractivity contribution in [3.63, 3.8) is 0 Å². The second-order valence-corrected chi connectivity index (χ2v) is 4.61. The molecule has 0 unspecified atom stereocenters. The summed E-state index contributed by atoms with van der Waals surface area (Å²) in [4.78, 5) is 4.19. The summed E-state index contributed by atoms with van der Waals surface area (Å²) in [7, 11) is 0. The smallest absolute Gasteiger partial charge is 0.0405 e. The van der Waals surface area contributed by atoms with Gasteiger partial charge in [-0.25, -0.2) is 0 Å². The molecule has 3 heteroatoms. The minimum atomic E-state index is 0.0608. The molecule has 1 heterocycles. The van der Waals surface area contributed by atoms with Crippen LogP contribution in [-0.2, 0) is 6.54 Å². The molecule has 0 bridgehead atoms. The molecular formula is C13H21ClN2. The summed E-state index contributed by atoms with van der Waals surface area (Å²) < 4.78 is 0. The summed E-state index contributed by atoms with van der Waals surface area (Å²) in [5, 5.41) is 3.55. The van der Waals surface area contributed by atoms with Crippen LogP contribution in [0.1, 0.15) is 37.8 Å². The molecule has 1 N–H and O–H groups in total. The lowest BCUT2D eigenvalue weighted by molar-refractivity contribution is 0.334. The van der Waals surface area contributed by atoms with Crippen LogP contribution in [0.2, 0.25) is 0 Å². The van der Waals surface area contributed by atoms with Crippen molar-refractivity contribution >= 4 is 11.6 Å². The van der Waals surface area contributed by atoms with Gasteiger partial charge in [0.2, 0.25) is 0 Å². The van der Waals surface area contributed by atoms with Gasteiger partial charge < -0.3 is 5.32 Å². The first-order chi connectivity index (χ1) is 7.65. The molecule has 16 heavy (non-hydrogen) atoms. The number of aryl methyl sites for hydroxylation is 1. The van der Waals surface area contributed by atoms with Crippen LogP contribution < -0.4 is 5.32 Å². The zero-order chi connectivity index (χ0) is 12.0. The van der Waals surface area contributed by atoms with Gasteiger partial charge >= 0.3 is 0 Å². The van der Waals surface area contributed by atoms with Crippen molar-refractivity contribution in [2.45, 2.75) is 45.7 Å². The van der Waals surface area contributed by atoms with Crippen LogP contribution in [0.3, 0.4) is 0 Å². The van der Waals surface area contributed by atoms with E-state index >= 15 is 0 Å². The van der Waals surface area contributed by atoms with E-state index in [0.29, 0.717) is 5.88 Å². The molecule has 0 atom stereocenters. The van der Waals surface area contributed by atoms with Crippen LogP contribution in [0.5, 0.6) is 0 Å². The molecule has 1 rings (SSSR count). The van der Waals surface area contributed by atoms with Crippen LogP contribution in [0.15, 0.2) is 18.5 Å². The highest BCUT2D eigenvalue weighted by atomic mass is 35.5. The normalized spacial score (nSPS) is 11.8. The molecule has 0 fully saturated rings. The molecule has 0 spiro atoms. The van der Waals surface area contributed by atoms with E-state index in [0.717, 1.165) is 19.4 Å². The Morgan fingerprint density at radius 2 is 2.00 bits per heavy atom. The standard InChI is InChI=1S/C13H21ClN2/c1-4-13(5-2,10-14)16-9-12-6-11(3)7-15-8-12/h6-8,16H,4-5,9-10H2,1-3H3. The Morgan fingerprint density at radius 1 is 1.31 bits per heavy atom. The number of hydrogen-bond donors (Lipinski definition) is 1. The lowest BCUT2D eigenvalue weighted by atomic mass is 9.95. The second-order valence-electron chi connectivity index (χ2n) is 4.35. The quantitative estimate of drug-likeness (QED) is 0.772. The van der Waals surface area contributed by atoms with Crippen LogP contribution in [0.4, 0.5) is 0 Å². The molecule has 90 valence electrons. The third-order valence-electron chi connectivity index (χ3n) is 3.21. The van der Waals surface area contributed by atoms with Crippen LogP contribution in [0.25, 0.3) is 0 Å². The number of rotatable bonds is 6. The van der Waals surface area contributed by atoms with Gasteiger partial charge in [-0.15, -0.1) is 11.6 Å². The molecular weight excluding hydrogens is 220 g/mol. The minimum absolute atomic E-state index is 0.0608. The number of alkyl halides is 1. The van der Waals surface area contributed by atoms with Gasteiger partial charge in [-0.3, -0.25) is 4.98 Å². The third-order valence-corrected chi connectivity index (χ3v) is 3.72. The number of halogens is 1. The van der Waals surface area contributed by atoms with E-state index in [9.17, 15) is 0 Å². The maximum absolute atomic E-state index is 6.04. The number of hydrogen-bond acceptors (Lipinski definition) is 2. The first-order valence-electron chi connectivity index (χ1n) is 5.87. The second kappa shape index (κ2) is 6.21. The van der Waals surface area contributed by atoms with E-state index in [1.807, 2.05) is 12.4 Å². The number of aromatic nitrogens is 1. The third kappa shape index (κ3) is 3.46. The zero-order valence-electron chi connectivity index (χ0n) is 10.4. The van der Waals surface area contributed by atoms with Gasteiger partial charge in [0.1, 0.15) is 0 Å². The van der Waals surface area contributed by atoms with E-state index in [4.69, 9.17) is 11.6 Å². The van der Waals surface area contributed by atoms with Gasteiger partial charge in [-0.1, -0.05) is 19.9 Å². The molecule has 0 aliphatic carbocycles. The molecule has 0 amide bonds. The molecule has 0 radical (unpaired) electrons. The molecule has 0 aliphatic rings. The average Bonchev–Trinajstić information content (AvgIpc) is 2.32. The predicted molar refractivity (Wildman–Crippen MR) is 69.8 cm³/mol.